The van der Waals surface area contributed by atoms with Crippen LogP contribution in [0.15, 0.2) is 58.5 Å². The second kappa shape index (κ2) is 7.73. The molecular formula is C15H15IN4O3S. The third-order valence-corrected chi connectivity index (χ3v) is 5.06. The average Bonchev–Trinajstić information content (AvgIpc) is 2.53. The summed E-state index contributed by atoms with van der Waals surface area (Å²) >= 11 is 2.11. The van der Waals surface area contributed by atoms with Gasteiger partial charge in [-0.2, -0.15) is 8.42 Å². The fourth-order valence-corrected chi connectivity index (χ4v) is 3.04. The minimum atomic E-state index is -4.15. The van der Waals surface area contributed by atoms with Crippen molar-refractivity contribution in [1.29, 1.82) is 5.41 Å². The van der Waals surface area contributed by atoms with Gasteiger partial charge in [0.05, 0.1) is 11.1 Å². The van der Waals surface area contributed by atoms with Crippen LogP contribution in [-0.4, -0.2) is 25.8 Å². The van der Waals surface area contributed by atoms with Crippen LogP contribution in [0.25, 0.3) is 0 Å². The summed E-state index contributed by atoms with van der Waals surface area (Å²) in [6.07, 6.45) is 1.37. The van der Waals surface area contributed by atoms with Gasteiger partial charge in [-0.25, -0.2) is 0 Å². The maximum atomic E-state index is 12.2. The molecule has 0 aliphatic carbocycles. The molecule has 9 heteroatoms. The molecule has 0 aliphatic rings. The topological polar surface area (TPSA) is 109 Å². The second-order valence-corrected chi connectivity index (χ2v) is 7.46. The van der Waals surface area contributed by atoms with Crippen LogP contribution in [-0.2, 0) is 14.4 Å². The summed E-state index contributed by atoms with van der Waals surface area (Å²) in [4.78, 5) is -0.0520. The van der Waals surface area contributed by atoms with Crippen molar-refractivity contribution >= 4 is 44.9 Å². The summed E-state index contributed by atoms with van der Waals surface area (Å²) in [5, 5.41) is 11.7. The standard InChI is InChI=1S/C15H15IN4O3S/c1-11-6-8-13(9-7-11)24(21,22)23-20(15(17)18)19-10-12-4-2-3-5-14(12)16/h2-10H,1H3,(H3,17,18). The van der Waals surface area contributed by atoms with Crippen molar-refractivity contribution in [2.24, 2.45) is 10.8 Å². The van der Waals surface area contributed by atoms with E-state index in [1.807, 2.05) is 25.1 Å². The average molecular weight is 458 g/mol. The van der Waals surface area contributed by atoms with Crippen molar-refractivity contribution in [3.63, 3.8) is 0 Å². The largest absolute Gasteiger partial charge is 0.367 e. The normalized spacial score (nSPS) is 11.6. The minimum absolute atomic E-state index is 0.0520. The Bertz CT molecular complexity index is 867. The lowest BCUT2D eigenvalue weighted by molar-refractivity contribution is 0.0284. The molecule has 0 saturated carbocycles. The SMILES string of the molecule is Cc1ccc(S(=O)(=O)ON(N=Cc2ccccc2I)C(=N)N)cc1. The van der Waals surface area contributed by atoms with Crippen LogP contribution >= 0.6 is 22.6 Å². The number of hydrogen-bond acceptors (Lipinski definition) is 5. The fourth-order valence-electron chi connectivity index (χ4n) is 1.66. The number of nitrogens with zero attached hydrogens (tertiary/aromatic N) is 2. The quantitative estimate of drug-likeness (QED) is 0.310. The summed E-state index contributed by atoms with van der Waals surface area (Å²) in [6.45, 7) is 1.84. The maximum Gasteiger partial charge on any atom is 0.319 e. The maximum absolute atomic E-state index is 12.2. The first kappa shape index (κ1) is 18.4. The Hall–Kier alpha value is -1.98. The zero-order valence-corrected chi connectivity index (χ0v) is 15.7. The smallest absolute Gasteiger partial charge is 0.319 e. The molecule has 0 spiro atoms. The van der Waals surface area contributed by atoms with E-state index in [2.05, 4.69) is 27.7 Å². The van der Waals surface area contributed by atoms with E-state index < -0.39 is 16.1 Å². The van der Waals surface area contributed by atoms with Gasteiger partial charge in [0.1, 0.15) is 0 Å². The van der Waals surface area contributed by atoms with Crippen molar-refractivity contribution in [3.05, 3.63) is 63.2 Å². The molecule has 0 saturated heterocycles. The van der Waals surface area contributed by atoms with Crippen molar-refractivity contribution < 1.29 is 12.7 Å². The highest BCUT2D eigenvalue weighted by Gasteiger charge is 2.21. The Kier molecular flexibility index (Phi) is 5.91. The third kappa shape index (κ3) is 4.76. The summed E-state index contributed by atoms with van der Waals surface area (Å²) < 4.78 is 30.2. The highest BCUT2D eigenvalue weighted by atomic mass is 127. The van der Waals surface area contributed by atoms with Crippen LogP contribution in [0.4, 0.5) is 0 Å². The number of nitrogens with one attached hydrogen (secondary N) is 1. The molecule has 0 aliphatic heterocycles. The van der Waals surface area contributed by atoms with Gasteiger partial charge in [-0.3, -0.25) is 5.41 Å². The molecule has 2 rings (SSSR count). The molecule has 0 radical (unpaired) electrons. The van der Waals surface area contributed by atoms with Crippen molar-refractivity contribution in [1.82, 2.24) is 5.17 Å². The Labute approximate surface area is 153 Å². The number of hydroxylamine groups is 1. The molecule has 2 aromatic carbocycles. The summed E-state index contributed by atoms with van der Waals surface area (Å²) in [7, 11) is -4.15. The second-order valence-electron chi connectivity index (χ2n) is 4.77. The monoisotopic (exact) mass is 458 g/mol. The van der Waals surface area contributed by atoms with E-state index >= 15 is 0 Å². The van der Waals surface area contributed by atoms with Gasteiger partial charge >= 0.3 is 10.1 Å². The molecule has 0 unspecified atom stereocenters. The lowest BCUT2D eigenvalue weighted by atomic mass is 10.2. The van der Waals surface area contributed by atoms with Crippen molar-refractivity contribution in [3.8, 4) is 0 Å². The predicted octanol–water partition coefficient (Wildman–Crippen LogP) is 2.45. The molecule has 126 valence electrons. The van der Waals surface area contributed by atoms with Gasteiger partial charge < -0.3 is 5.73 Å². The van der Waals surface area contributed by atoms with Gasteiger partial charge in [-0.1, -0.05) is 41.1 Å². The number of guanidine groups is 1. The molecule has 2 aromatic rings. The van der Waals surface area contributed by atoms with E-state index in [0.717, 1.165) is 14.7 Å². The van der Waals surface area contributed by atoms with E-state index in [1.54, 1.807) is 18.2 Å². The lowest BCUT2D eigenvalue weighted by Gasteiger charge is -2.15. The Morgan fingerprint density at radius 2 is 1.88 bits per heavy atom. The van der Waals surface area contributed by atoms with Crippen molar-refractivity contribution in [2.45, 2.75) is 11.8 Å². The first-order valence-corrected chi connectivity index (χ1v) is 9.22. The van der Waals surface area contributed by atoms with Crippen LogP contribution in [0.5, 0.6) is 0 Å². The van der Waals surface area contributed by atoms with E-state index in [-0.39, 0.29) is 4.90 Å². The Morgan fingerprint density at radius 3 is 2.46 bits per heavy atom. The molecule has 0 atom stereocenters. The number of aryl methyl sites for hydroxylation is 1. The molecule has 24 heavy (non-hydrogen) atoms. The van der Waals surface area contributed by atoms with Crippen LogP contribution in [0.1, 0.15) is 11.1 Å². The van der Waals surface area contributed by atoms with Crippen LogP contribution in [0.2, 0.25) is 0 Å². The summed E-state index contributed by atoms with van der Waals surface area (Å²) in [5.41, 5.74) is 7.00. The number of nitrogens with two attached hydrogens (primary N) is 1. The van der Waals surface area contributed by atoms with Crippen molar-refractivity contribution in [2.75, 3.05) is 0 Å². The molecule has 0 bridgehead atoms. The van der Waals surface area contributed by atoms with E-state index in [1.165, 1.54) is 18.3 Å². The Morgan fingerprint density at radius 1 is 1.25 bits per heavy atom. The number of benzene rings is 2. The summed E-state index contributed by atoms with van der Waals surface area (Å²) in [6, 6.07) is 13.4. The third-order valence-electron chi connectivity index (χ3n) is 2.89. The fraction of sp³-hybridized carbons (Fsp3) is 0.0667. The number of halogens is 1. The molecule has 3 N–H and O–H groups in total. The number of hydrogen-bond donors (Lipinski definition) is 2. The minimum Gasteiger partial charge on any atom is -0.367 e. The molecule has 0 aromatic heterocycles. The van der Waals surface area contributed by atoms with Gasteiger partial charge in [0.25, 0.3) is 0 Å². The first-order valence-electron chi connectivity index (χ1n) is 6.73. The zero-order chi connectivity index (χ0) is 17.7. The molecule has 0 fully saturated rings. The first-order chi connectivity index (χ1) is 11.3. The van der Waals surface area contributed by atoms with Gasteiger partial charge in [-0.15, -0.1) is 9.39 Å². The van der Waals surface area contributed by atoms with E-state index in [4.69, 9.17) is 15.4 Å². The van der Waals surface area contributed by atoms with Crippen LogP contribution < -0.4 is 5.73 Å². The number of rotatable bonds is 5. The van der Waals surface area contributed by atoms with E-state index in [0.29, 0.717) is 5.17 Å². The molecule has 7 nitrogen and oxygen atoms in total. The van der Waals surface area contributed by atoms with Gasteiger partial charge in [0.15, 0.2) is 0 Å². The van der Waals surface area contributed by atoms with E-state index in [9.17, 15) is 8.42 Å². The van der Waals surface area contributed by atoms with Gasteiger partial charge in [0.2, 0.25) is 5.96 Å². The Balaban J connectivity index is 2.24. The summed E-state index contributed by atoms with van der Waals surface area (Å²) in [5.74, 6) is -0.659. The molecule has 0 amide bonds. The van der Waals surface area contributed by atoms with Crippen LogP contribution in [0.3, 0.4) is 0 Å². The highest BCUT2D eigenvalue weighted by Crippen LogP contribution is 2.15. The predicted molar refractivity (Wildman–Crippen MR) is 100.0 cm³/mol. The van der Waals surface area contributed by atoms with Gasteiger partial charge in [-0.05, 0) is 47.7 Å². The lowest BCUT2D eigenvalue weighted by Crippen LogP contribution is -2.34. The molecular weight excluding hydrogens is 443 g/mol. The highest BCUT2D eigenvalue weighted by molar-refractivity contribution is 14.1. The van der Waals surface area contributed by atoms with Gasteiger partial charge in [0, 0.05) is 9.13 Å². The number of hydrazone groups is 1. The molecule has 0 heterocycles. The zero-order valence-electron chi connectivity index (χ0n) is 12.7. The van der Waals surface area contributed by atoms with Crippen LogP contribution in [0, 0.1) is 15.9 Å².